The predicted octanol–water partition coefficient (Wildman–Crippen LogP) is 8.37. The van der Waals surface area contributed by atoms with Crippen LogP contribution in [-0.4, -0.2) is 29.0 Å². The molecule has 2 amide bonds. The molecule has 1 heterocycles. The molecule has 1 aliphatic rings. The van der Waals surface area contributed by atoms with E-state index in [0.29, 0.717) is 12.1 Å². The first kappa shape index (κ1) is 32.1. The molecular formula is C27H27F9N2O3. The molecule has 0 aromatic heterocycles. The highest BCUT2D eigenvalue weighted by atomic mass is 19.4. The van der Waals surface area contributed by atoms with E-state index in [1.807, 2.05) is 0 Å². The number of ether oxygens (including phenoxy) is 1. The summed E-state index contributed by atoms with van der Waals surface area (Å²) in [5.41, 5.74) is -5.97. The van der Waals surface area contributed by atoms with Crippen molar-refractivity contribution in [3.8, 4) is 0 Å². The molecule has 0 radical (unpaired) electrons. The first-order valence-corrected chi connectivity index (χ1v) is 12.3. The van der Waals surface area contributed by atoms with Gasteiger partial charge in [0.25, 0.3) is 0 Å². The van der Waals surface area contributed by atoms with Crippen molar-refractivity contribution in [3.05, 3.63) is 64.2 Å². The Balaban J connectivity index is 2.16. The third-order valence-corrected chi connectivity index (χ3v) is 6.26. The van der Waals surface area contributed by atoms with Gasteiger partial charge in [-0.05, 0) is 81.1 Å². The minimum Gasteiger partial charge on any atom is -0.443 e. The largest absolute Gasteiger partial charge is 0.443 e. The highest BCUT2D eigenvalue weighted by molar-refractivity contribution is 5.89. The average Bonchev–Trinajstić information content (AvgIpc) is 2.98. The molecule has 41 heavy (non-hydrogen) atoms. The Morgan fingerprint density at radius 2 is 1.39 bits per heavy atom. The fourth-order valence-electron chi connectivity index (χ4n) is 4.54. The van der Waals surface area contributed by atoms with E-state index in [1.165, 1.54) is 0 Å². The SMILES string of the molecule is CC(=O)N(Cc1cc(C(F)(F)F)cc(C(F)(F)F)c1)C1CCCN(C(=O)OC(C)(C)C)c2ccc(C(F)(F)F)cc21. The summed E-state index contributed by atoms with van der Waals surface area (Å²) in [6, 6.07) is 2.14. The summed E-state index contributed by atoms with van der Waals surface area (Å²) in [6.07, 6.45) is -15.9. The number of nitrogens with zero attached hydrogens (tertiary/aromatic N) is 2. The van der Waals surface area contributed by atoms with Gasteiger partial charge in [0, 0.05) is 20.0 Å². The summed E-state index contributed by atoms with van der Waals surface area (Å²) in [5.74, 6) is -0.810. The molecule has 0 bridgehead atoms. The molecule has 0 aliphatic carbocycles. The van der Waals surface area contributed by atoms with E-state index in [9.17, 15) is 49.1 Å². The second kappa shape index (κ2) is 11.1. The van der Waals surface area contributed by atoms with Gasteiger partial charge < -0.3 is 9.64 Å². The molecule has 0 saturated carbocycles. The van der Waals surface area contributed by atoms with Gasteiger partial charge in [-0.15, -0.1) is 0 Å². The summed E-state index contributed by atoms with van der Waals surface area (Å²) < 4.78 is 127. The number of hydrogen-bond acceptors (Lipinski definition) is 3. The lowest BCUT2D eigenvalue weighted by molar-refractivity contribution is -0.143. The Bertz CT molecular complexity index is 1260. The van der Waals surface area contributed by atoms with Gasteiger partial charge >= 0.3 is 24.6 Å². The first-order chi connectivity index (χ1) is 18.6. The van der Waals surface area contributed by atoms with Gasteiger partial charge in [-0.25, -0.2) is 4.79 Å². The number of carbonyl (C=O) groups excluding carboxylic acids is 2. The Hall–Kier alpha value is -3.45. The number of benzene rings is 2. The second-order valence-electron chi connectivity index (χ2n) is 10.6. The summed E-state index contributed by atoms with van der Waals surface area (Å²) in [5, 5.41) is 0. The highest BCUT2D eigenvalue weighted by Crippen LogP contribution is 2.42. The van der Waals surface area contributed by atoms with Gasteiger partial charge in [0.05, 0.1) is 28.4 Å². The summed E-state index contributed by atoms with van der Waals surface area (Å²) in [7, 11) is 0. The van der Waals surface area contributed by atoms with Crippen molar-refractivity contribution in [3.63, 3.8) is 0 Å². The fraction of sp³-hybridized carbons (Fsp3) is 0.481. The van der Waals surface area contributed by atoms with E-state index in [0.717, 1.165) is 34.9 Å². The maximum Gasteiger partial charge on any atom is 0.416 e. The third-order valence-electron chi connectivity index (χ3n) is 6.26. The normalized spacial score (nSPS) is 16.6. The molecule has 0 fully saturated rings. The minimum atomic E-state index is -5.14. The summed E-state index contributed by atoms with van der Waals surface area (Å²) >= 11 is 0. The van der Waals surface area contributed by atoms with Crippen LogP contribution in [0.3, 0.4) is 0 Å². The van der Waals surface area contributed by atoms with Gasteiger partial charge in [-0.3, -0.25) is 9.69 Å². The average molecular weight is 599 g/mol. The molecule has 2 aromatic rings. The van der Waals surface area contributed by atoms with Gasteiger partial charge in [0.1, 0.15) is 5.60 Å². The van der Waals surface area contributed by atoms with Crippen LogP contribution in [0.25, 0.3) is 0 Å². The van der Waals surface area contributed by atoms with E-state index in [-0.39, 0.29) is 36.7 Å². The van der Waals surface area contributed by atoms with Crippen molar-refractivity contribution in [2.24, 2.45) is 0 Å². The minimum absolute atomic E-state index is 0.0268. The standard InChI is InChI=1S/C27H27F9N2O3/c1-15(39)38(14-16-10-18(26(31,32)33)12-19(11-16)27(34,35)36)21-6-5-9-37(23(40)41-24(2,3)4)22-8-7-17(13-20(21)22)25(28,29)30/h7-8,10-13,21H,5-6,9,14H2,1-4H3. The van der Waals surface area contributed by atoms with Crippen LogP contribution in [0.2, 0.25) is 0 Å². The molecule has 1 aliphatic heterocycles. The topological polar surface area (TPSA) is 49.9 Å². The predicted molar refractivity (Wildman–Crippen MR) is 130 cm³/mol. The molecule has 0 N–H and O–H groups in total. The van der Waals surface area contributed by atoms with Crippen LogP contribution in [0.1, 0.15) is 74.4 Å². The first-order valence-electron chi connectivity index (χ1n) is 12.3. The Morgan fingerprint density at radius 1 is 0.854 bits per heavy atom. The number of alkyl halides is 9. The number of carbonyl (C=O) groups is 2. The number of anilines is 1. The lowest BCUT2D eigenvalue weighted by atomic mass is 9.96. The van der Waals surface area contributed by atoms with Crippen molar-refractivity contribution in [2.45, 2.75) is 77.3 Å². The van der Waals surface area contributed by atoms with Crippen LogP contribution < -0.4 is 4.90 Å². The number of rotatable bonds is 3. The Kier molecular flexibility index (Phi) is 8.67. The Labute approximate surface area is 229 Å². The van der Waals surface area contributed by atoms with Crippen LogP contribution in [0, 0.1) is 0 Å². The molecule has 2 aromatic carbocycles. The Morgan fingerprint density at radius 3 is 1.85 bits per heavy atom. The fourth-order valence-corrected chi connectivity index (χ4v) is 4.54. The van der Waals surface area contributed by atoms with E-state index in [2.05, 4.69) is 0 Å². The van der Waals surface area contributed by atoms with Gasteiger partial charge in [0.15, 0.2) is 0 Å². The third kappa shape index (κ3) is 7.85. The number of halogens is 9. The maximum absolute atomic E-state index is 13.7. The number of hydrogen-bond donors (Lipinski definition) is 0. The van der Waals surface area contributed by atoms with Crippen LogP contribution >= 0.6 is 0 Å². The molecule has 0 saturated heterocycles. The lowest BCUT2D eigenvalue weighted by Gasteiger charge is -2.33. The van der Waals surface area contributed by atoms with Crippen molar-refractivity contribution in [1.82, 2.24) is 4.90 Å². The highest BCUT2D eigenvalue weighted by Gasteiger charge is 2.39. The van der Waals surface area contributed by atoms with Gasteiger partial charge in [-0.1, -0.05) is 0 Å². The molecule has 226 valence electrons. The van der Waals surface area contributed by atoms with Crippen molar-refractivity contribution in [2.75, 3.05) is 11.4 Å². The quantitative estimate of drug-likeness (QED) is 0.334. The van der Waals surface area contributed by atoms with E-state index in [1.54, 1.807) is 20.8 Å². The number of amides is 2. The van der Waals surface area contributed by atoms with E-state index >= 15 is 0 Å². The van der Waals surface area contributed by atoms with Crippen molar-refractivity contribution in [1.29, 1.82) is 0 Å². The summed E-state index contributed by atoms with van der Waals surface area (Å²) in [6.45, 7) is 4.96. The van der Waals surface area contributed by atoms with E-state index in [4.69, 9.17) is 4.74 Å². The lowest BCUT2D eigenvalue weighted by Crippen LogP contribution is -2.37. The molecule has 1 unspecified atom stereocenters. The monoisotopic (exact) mass is 598 g/mol. The summed E-state index contributed by atoms with van der Waals surface area (Å²) in [4.78, 5) is 27.7. The smallest absolute Gasteiger partial charge is 0.416 e. The van der Waals surface area contributed by atoms with E-state index < -0.39 is 71.0 Å². The molecule has 1 atom stereocenters. The molecular weight excluding hydrogens is 571 g/mol. The van der Waals surface area contributed by atoms with Crippen LogP contribution in [0.15, 0.2) is 36.4 Å². The zero-order valence-electron chi connectivity index (χ0n) is 22.4. The number of fused-ring (bicyclic) bond motifs is 1. The van der Waals surface area contributed by atoms with Crippen LogP contribution in [-0.2, 0) is 34.6 Å². The van der Waals surface area contributed by atoms with Crippen LogP contribution in [0.4, 0.5) is 50.0 Å². The second-order valence-corrected chi connectivity index (χ2v) is 10.6. The van der Waals surface area contributed by atoms with Crippen molar-refractivity contribution < 1.29 is 53.8 Å². The molecule has 0 spiro atoms. The van der Waals surface area contributed by atoms with Gasteiger partial charge in [-0.2, -0.15) is 39.5 Å². The zero-order valence-corrected chi connectivity index (χ0v) is 22.4. The maximum atomic E-state index is 13.7. The molecule has 3 rings (SSSR count). The zero-order chi connectivity index (χ0) is 31.1. The molecule has 14 heteroatoms. The van der Waals surface area contributed by atoms with Gasteiger partial charge in [0.2, 0.25) is 5.91 Å². The van der Waals surface area contributed by atoms with Crippen molar-refractivity contribution >= 4 is 17.7 Å². The molecule has 5 nitrogen and oxygen atoms in total. The van der Waals surface area contributed by atoms with Crippen LogP contribution in [0.5, 0.6) is 0 Å².